The molecule has 0 aliphatic carbocycles. The number of likely N-dealkylation sites (N-methyl/N-ethyl adjacent to an activating group) is 3. The number of para-hydroxylation sites is 2. The summed E-state index contributed by atoms with van der Waals surface area (Å²) in [5.74, 6) is -17.2. The molecule has 126 heavy (non-hydrogen) atoms. The summed E-state index contributed by atoms with van der Waals surface area (Å²) in [6.07, 6.45) is 2.21. The predicted octanol–water partition coefficient (Wildman–Crippen LogP) is -4.45. The molecule has 5 aromatic rings. The van der Waals surface area contributed by atoms with Crippen LogP contribution in [0, 0.1) is 0 Å². The minimum atomic E-state index is -1.85. The van der Waals surface area contributed by atoms with E-state index in [2.05, 4.69) is 63.1 Å². The second kappa shape index (κ2) is 47.7. The highest BCUT2D eigenvalue weighted by atomic mass is 32.2. The van der Waals surface area contributed by atoms with Gasteiger partial charge in [-0.1, -0.05) is 68.3 Å². The van der Waals surface area contributed by atoms with Gasteiger partial charge in [0.05, 0.1) is 25.3 Å². The van der Waals surface area contributed by atoms with Crippen molar-refractivity contribution in [3.63, 3.8) is 0 Å². The van der Waals surface area contributed by atoms with Crippen LogP contribution in [0.2, 0.25) is 0 Å². The molecule has 5 heterocycles. The van der Waals surface area contributed by atoms with E-state index in [1.54, 1.807) is 67.8 Å². The smallest absolute Gasteiger partial charge is 0.246 e. The number of phenolic OH excluding ortho intramolecular Hbond substituents is 1. The van der Waals surface area contributed by atoms with Crippen molar-refractivity contribution in [3.05, 3.63) is 102 Å². The van der Waals surface area contributed by atoms with Gasteiger partial charge in [0.2, 0.25) is 100 Å². The van der Waals surface area contributed by atoms with E-state index in [1.807, 2.05) is 0 Å². The number of primary amides is 2. The van der Waals surface area contributed by atoms with E-state index in [-0.39, 0.29) is 89.6 Å². The topological polar surface area (TPSA) is 617 Å². The number of thioether (sulfide) groups is 1. The predicted molar refractivity (Wildman–Crippen MR) is 460 cm³/mol. The second-order valence-electron chi connectivity index (χ2n) is 31.7. The van der Waals surface area contributed by atoms with E-state index in [9.17, 15) is 82.8 Å². The van der Waals surface area contributed by atoms with Crippen LogP contribution in [-0.2, 0) is 101 Å². The zero-order valence-corrected chi connectivity index (χ0v) is 72.3. The molecule has 686 valence electrons. The number of hydrogen-bond acceptors (Lipinski definition) is 23. The van der Waals surface area contributed by atoms with Crippen molar-refractivity contribution in [2.75, 3.05) is 78.6 Å². The number of amides is 17. The van der Waals surface area contributed by atoms with Gasteiger partial charge in [-0.05, 0) is 126 Å². The number of aliphatic hydroxyl groups excluding tert-OH is 3. The van der Waals surface area contributed by atoms with Gasteiger partial charge in [-0.15, -0.1) is 11.8 Å². The molecule has 3 aliphatic heterocycles. The molecule has 0 bridgehead atoms. The summed E-state index contributed by atoms with van der Waals surface area (Å²) < 4.78 is 0. The minimum Gasteiger partial charge on any atom is -0.508 e. The zero-order valence-electron chi connectivity index (χ0n) is 71.4. The van der Waals surface area contributed by atoms with Crippen LogP contribution in [-0.4, -0.2) is 319 Å². The molecule has 3 aliphatic rings. The molecule has 0 radical (unpaired) electrons. The number of H-pyrrole nitrogens is 2. The number of aromatic amines is 2. The van der Waals surface area contributed by atoms with Crippen LogP contribution < -0.4 is 70.4 Å². The van der Waals surface area contributed by atoms with Crippen molar-refractivity contribution in [1.82, 2.24) is 87.6 Å². The highest BCUT2D eigenvalue weighted by Gasteiger charge is 2.45. The number of carbonyl (C=O) groups excluding carboxylic acids is 17. The molecule has 22 N–H and O–H groups in total. The maximum Gasteiger partial charge on any atom is 0.246 e. The Bertz CT molecular complexity index is 4720. The van der Waals surface area contributed by atoms with Crippen LogP contribution in [0.1, 0.15) is 121 Å². The number of unbranched alkanes of at least 4 members (excludes halogenated alkanes) is 2. The van der Waals surface area contributed by atoms with E-state index >= 15 is 19.2 Å². The first kappa shape index (κ1) is 99.1. The van der Waals surface area contributed by atoms with E-state index in [1.165, 1.54) is 59.3 Å². The molecular weight excluding hydrogens is 1660 g/mol. The Morgan fingerprint density at radius 3 is 1.54 bits per heavy atom. The van der Waals surface area contributed by atoms with E-state index in [0.29, 0.717) is 57.8 Å². The van der Waals surface area contributed by atoms with Crippen LogP contribution in [0.15, 0.2) is 85.2 Å². The van der Waals surface area contributed by atoms with Crippen LogP contribution in [0.25, 0.3) is 21.8 Å². The summed E-state index contributed by atoms with van der Waals surface area (Å²) in [6.45, 7) is 1.18. The molecule has 3 saturated heterocycles. The molecule has 3 fully saturated rings. The van der Waals surface area contributed by atoms with E-state index in [4.69, 9.17) is 17.2 Å². The number of aliphatic hydroxyl groups is 3. The Balaban J connectivity index is 1.15. The number of nitrogens with two attached hydrogens (primary N) is 3. The molecular formula is C84H118N20O21S. The first-order valence-electron chi connectivity index (χ1n) is 42.1. The van der Waals surface area contributed by atoms with E-state index in [0.717, 1.165) is 36.3 Å². The van der Waals surface area contributed by atoms with Crippen molar-refractivity contribution in [2.24, 2.45) is 17.2 Å². The number of rotatable bonds is 23. The molecule has 1 unspecified atom stereocenters. The van der Waals surface area contributed by atoms with Crippen LogP contribution >= 0.6 is 11.8 Å². The fourth-order valence-corrected chi connectivity index (χ4v) is 16.3. The molecule has 2 aromatic heterocycles. The van der Waals surface area contributed by atoms with Crippen LogP contribution in [0.5, 0.6) is 5.75 Å². The van der Waals surface area contributed by atoms with Crippen molar-refractivity contribution in [1.29, 1.82) is 0 Å². The van der Waals surface area contributed by atoms with Gasteiger partial charge in [0.15, 0.2) is 0 Å². The number of benzene rings is 3. The summed E-state index contributed by atoms with van der Waals surface area (Å²) in [5.41, 5.74) is 19.7. The Morgan fingerprint density at radius 2 is 0.968 bits per heavy atom. The zero-order chi connectivity index (χ0) is 92.2. The van der Waals surface area contributed by atoms with Crippen LogP contribution in [0.3, 0.4) is 0 Å². The third kappa shape index (κ3) is 26.9. The standard InChI is InChI=1S/C84H118N20O21S/c1-7-8-22-65-77(118)97-62(39-68(86)109)84(125)104-33-16-24-67(104)79(120)98-63(43-107)76(117)94-58(30-35-106)83(124)103-32-15-23-66(103)78(119)95-59(37-49-40-88-54-19-11-9-17-52(49)54)75(116)93-57(29-34-105)74(115)96-61(38-50-41-89-55-20-12-10-18-53(50)55)81(122)101(5)47(3)80(121)100(4)46(2)71(112)92-56(21-13-14-31-85)73(114)99-64(72(113)90-42-69(87)110)44-126-45-70(111)91-60(82(123)102(65)6)36-48-25-27-51(108)28-26-48/h9-12,17-20,25-28,40-41,46-47,56-67,88-89,105-108H,7-8,13-16,21-24,29-39,42-45,85H2,1-6H3,(H2,86,109)(H2,87,110)(H,90,113)(H,91,111)(H,92,112)(H,93,116)(H,94,117)(H,95,119)(H,96,115)(H,97,118)(H,98,120)(H,99,114)/t46-,47-,56-,57-,58-,59-,60-,61-,62-,63-,64?,65-,66-,67-/m0/s1. The lowest BCUT2D eigenvalue weighted by molar-refractivity contribution is -0.148. The quantitative estimate of drug-likeness (QED) is 0.0274. The number of hydrogen-bond donors (Lipinski definition) is 19. The van der Waals surface area contributed by atoms with E-state index < -0.39 is 242 Å². The molecule has 42 heteroatoms. The highest BCUT2D eigenvalue weighted by molar-refractivity contribution is 8.00. The molecule has 14 atom stereocenters. The maximum atomic E-state index is 15.2. The Hall–Kier alpha value is -12.3. The fourth-order valence-electron chi connectivity index (χ4n) is 15.4. The second-order valence-corrected chi connectivity index (χ2v) is 32.7. The summed E-state index contributed by atoms with van der Waals surface area (Å²) in [7, 11) is 3.82. The molecule has 0 spiro atoms. The normalized spacial score (nSPS) is 25.1. The molecule has 0 saturated carbocycles. The lowest BCUT2D eigenvalue weighted by Crippen LogP contribution is -2.61. The van der Waals surface area contributed by atoms with Gasteiger partial charge in [0.25, 0.3) is 0 Å². The lowest BCUT2D eigenvalue weighted by Gasteiger charge is -2.34. The number of nitrogens with one attached hydrogen (secondary N) is 12. The number of fused-ring (bicyclic) bond motifs is 4. The number of carbonyl (C=O) groups is 17. The monoisotopic (exact) mass is 1770 g/mol. The Morgan fingerprint density at radius 1 is 0.484 bits per heavy atom. The average molecular weight is 1780 g/mol. The number of nitrogens with zero attached hydrogens (tertiary/aromatic N) is 5. The Kier molecular flexibility index (Phi) is 37.5. The summed E-state index contributed by atoms with van der Waals surface area (Å²) in [4.78, 5) is 257. The van der Waals surface area contributed by atoms with Gasteiger partial charge in [-0.2, -0.15) is 0 Å². The minimum absolute atomic E-state index is 0.00277. The first-order valence-corrected chi connectivity index (χ1v) is 43.2. The van der Waals surface area contributed by atoms with Gasteiger partial charge in [-0.3, -0.25) is 81.5 Å². The molecule has 3 aromatic carbocycles. The first-order chi connectivity index (χ1) is 60.1. The number of aromatic hydroxyl groups is 1. The third-order valence-electron chi connectivity index (χ3n) is 22.8. The molecule has 8 rings (SSSR count). The van der Waals surface area contributed by atoms with Crippen molar-refractivity contribution < 1.29 is 102 Å². The third-order valence-corrected chi connectivity index (χ3v) is 23.8. The molecule has 41 nitrogen and oxygen atoms in total. The van der Waals surface area contributed by atoms with Gasteiger partial charge >= 0.3 is 0 Å². The maximum absolute atomic E-state index is 15.2. The summed E-state index contributed by atoms with van der Waals surface area (Å²) in [5, 5.41) is 69.1. The molecule has 17 amide bonds. The number of phenols is 1. The van der Waals surface area contributed by atoms with Gasteiger partial charge in [0.1, 0.15) is 90.3 Å². The van der Waals surface area contributed by atoms with Gasteiger partial charge in [0, 0.05) is 107 Å². The van der Waals surface area contributed by atoms with Crippen molar-refractivity contribution in [3.8, 4) is 5.75 Å². The highest BCUT2D eigenvalue weighted by Crippen LogP contribution is 2.27. The van der Waals surface area contributed by atoms with Crippen molar-refractivity contribution in [2.45, 2.75) is 208 Å². The largest absolute Gasteiger partial charge is 0.508 e. The van der Waals surface area contributed by atoms with Gasteiger partial charge in [-0.25, -0.2) is 0 Å². The van der Waals surface area contributed by atoms with Gasteiger partial charge < -0.3 is 125 Å². The van der Waals surface area contributed by atoms with Crippen molar-refractivity contribution >= 4 is 134 Å². The SMILES string of the molecule is CCCC[C@H]1C(=O)N[C@@H](CC(N)=O)C(=O)N2CCC[C@H]2C(=O)N[C@@H](CO)C(=O)N[C@@H](CCO)C(=O)N2CCC[C@H]2C(=O)N[C@@H](Cc2c[nH]c3ccccc23)C(=O)N[C@@H](CCO)C(=O)N[C@@H](Cc2c[nH]c3ccccc23)C(=O)N(C)[C@@H](C)C(=O)N(C)[C@@H](C)C(=O)N[C@@H](CCCCN)C(=O)NC(C(=O)NCC(N)=O)CSCC(=O)N[C@@H](Cc2ccc(O)cc2)C(=O)N1C. The van der Waals surface area contributed by atoms with Crippen LogP contribution in [0.4, 0.5) is 0 Å². The summed E-state index contributed by atoms with van der Waals surface area (Å²) >= 11 is 0.778. The summed E-state index contributed by atoms with van der Waals surface area (Å²) in [6, 6.07) is -1.91. The Labute approximate surface area is 731 Å². The number of aromatic nitrogens is 2. The lowest BCUT2D eigenvalue weighted by atomic mass is 10.0. The fraction of sp³-hybridized carbons (Fsp3) is 0.536. The average Bonchev–Trinajstić information content (AvgIpc) is 1.54.